The molecule has 2 aliphatic rings. The lowest BCUT2D eigenvalue weighted by Gasteiger charge is -2.30. The topological polar surface area (TPSA) is 66.8 Å². The first-order chi connectivity index (χ1) is 7.15. The zero-order chi connectivity index (χ0) is 11.0. The van der Waals surface area contributed by atoms with Crippen molar-refractivity contribution in [3.05, 3.63) is 12.2 Å². The average molecular weight is 211 g/mol. The van der Waals surface area contributed by atoms with Gasteiger partial charge in [-0.1, -0.05) is 6.08 Å². The zero-order valence-electron chi connectivity index (χ0n) is 8.42. The number of ether oxygens (including phenoxy) is 1. The van der Waals surface area contributed by atoms with Crippen molar-refractivity contribution in [2.45, 2.75) is 31.0 Å². The van der Waals surface area contributed by atoms with Crippen molar-refractivity contribution in [3.8, 4) is 0 Å². The Labute approximate surface area is 87.3 Å². The molecule has 0 aliphatic carbocycles. The fraction of sp³-hybridized carbons (Fsp3) is 0.600. The van der Waals surface area contributed by atoms with Crippen molar-refractivity contribution in [1.82, 2.24) is 4.90 Å². The second-order valence-corrected chi connectivity index (χ2v) is 3.81. The average Bonchev–Trinajstić information content (AvgIpc) is 2.58. The summed E-state index contributed by atoms with van der Waals surface area (Å²) < 4.78 is 5.22. The van der Waals surface area contributed by atoms with Crippen LogP contribution in [0.3, 0.4) is 0 Å². The zero-order valence-corrected chi connectivity index (χ0v) is 8.42. The van der Waals surface area contributed by atoms with E-state index >= 15 is 0 Å². The molecule has 82 valence electrons. The van der Waals surface area contributed by atoms with Crippen molar-refractivity contribution in [2.24, 2.45) is 0 Å². The third-order valence-corrected chi connectivity index (χ3v) is 3.06. The van der Waals surface area contributed by atoms with Crippen LogP contribution in [0.1, 0.15) is 12.8 Å². The van der Waals surface area contributed by atoms with Crippen LogP contribution >= 0.6 is 0 Å². The molecule has 15 heavy (non-hydrogen) atoms. The van der Waals surface area contributed by atoms with E-state index in [1.807, 2.05) is 0 Å². The van der Waals surface area contributed by atoms with Crippen molar-refractivity contribution in [1.29, 1.82) is 0 Å². The summed E-state index contributed by atoms with van der Waals surface area (Å²) >= 11 is 0. The third kappa shape index (κ3) is 1.52. The molecule has 1 fully saturated rings. The number of nitrogens with zero attached hydrogens (tertiary/aromatic N) is 1. The molecule has 1 N–H and O–H groups in total. The van der Waals surface area contributed by atoms with Crippen LogP contribution in [0, 0.1) is 0 Å². The summed E-state index contributed by atoms with van der Waals surface area (Å²) in [6.07, 6.45) is 4.10. The first-order valence-electron chi connectivity index (χ1n) is 4.89. The summed E-state index contributed by atoms with van der Waals surface area (Å²) in [5, 5.41) is 9.01. The summed E-state index contributed by atoms with van der Waals surface area (Å²) in [7, 11) is 1.55. The van der Waals surface area contributed by atoms with Crippen LogP contribution in [0.2, 0.25) is 0 Å². The molecule has 0 radical (unpaired) electrons. The summed E-state index contributed by atoms with van der Waals surface area (Å²) in [5.74, 6) is -1.18. The molecule has 1 saturated heterocycles. The fourth-order valence-corrected chi connectivity index (χ4v) is 2.35. The van der Waals surface area contributed by atoms with E-state index in [2.05, 4.69) is 0 Å². The van der Waals surface area contributed by atoms with Crippen LogP contribution in [0.25, 0.3) is 0 Å². The van der Waals surface area contributed by atoms with Gasteiger partial charge in [-0.15, -0.1) is 0 Å². The van der Waals surface area contributed by atoms with Gasteiger partial charge in [0.1, 0.15) is 6.04 Å². The van der Waals surface area contributed by atoms with Crippen LogP contribution in [-0.4, -0.2) is 47.2 Å². The maximum atomic E-state index is 11.6. The number of hydrogen-bond donors (Lipinski definition) is 1. The maximum absolute atomic E-state index is 11.6. The van der Waals surface area contributed by atoms with Crippen LogP contribution in [-0.2, 0) is 14.3 Å². The molecular formula is C10H13NO4. The molecule has 0 spiro atoms. The Morgan fingerprint density at radius 2 is 2.40 bits per heavy atom. The normalized spacial score (nSPS) is 34.3. The van der Waals surface area contributed by atoms with E-state index in [1.165, 1.54) is 11.0 Å². The number of carbonyl (C=O) groups excluding carboxylic acids is 1. The number of rotatable bonds is 2. The lowest BCUT2D eigenvalue weighted by molar-refractivity contribution is -0.148. The summed E-state index contributed by atoms with van der Waals surface area (Å²) in [4.78, 5) is 24.0. The largest absolute Gasteiger partial charge is 0.480 e. The molecule has 0 bridgehead atoms. The predicted octanol–water partition coefficient (Wildman–Crippen LogP) is 0.0154. The molecule has 0 aromatic rings. The van der Waals surface area contributed by atoms with Crippen LogP contribution in [0.5, 0.6) is 0 Å². The van der Waals surface area contributed by atoms with Crippen molar-refractivity contribution in [2.75, 3.05) is 7.11 Å². The number of aliphatic carboxylic acids is 1. The van der Waals surface area contributed by atoms with Gasteiger partial charge in [0.2, 0.25) is 5.91 Å². The van der Waals surface area contributed by atoms with Crippen molar-refractivity contribution >= 4 is 11.9 Å². The lowest BCUT2D eigenvalue weighted by atomic mass is 10.1. The number of carbonyl (C=O) groups is 2. The molecule has 0 saturated carbocycles. The van der Waals surface area contributed by atoms with Gasteiger partial charge in [-0.25, -0.2) is 4.79 Å². The molecule has 5 nitrogen and oxygen atoms in total. The smallest absolute Gasteiger partial charge is 0.326 e. The Morgan fingerprint density at radius 1 is 1.67 bits per heavy atom. The molecule has 2 rings (SSSR count). The van der Waals surface area contributed by atoms with Gasteiger partial charge in [-0.3, -0.25) is 4.79 Å². The highest BCUT2D eigenvalue weighted by Crippen LogP contribution is 2.31. The summed E-state index contributed by atoms with van der Waals surface area (Å²) in [6.45, 7) is 0. The Bertz CT molecular complexity index is 325. The van der Waals surface area contributed by atoms with E-state index in [-0.39, 0.29) is 18.1 Å². The highest BCUT2D eigenvalue weighted by molar-refractivity contribution is 5.93. The van der Waals surface area contributed by atoms with Gasteiger partial charge in [0.05, 0.1) is 12.1 Å². The molecule has 0 aromatic carbocycles. The SMILES string of the molecule is COC1CC(C(=O)O)N2C(=O)C=CCC12. The first kappa shape index (κ1) is 10.2. The Balaban J connectivity index is 2.28. The van der Waals surface area contributed by atoms with Gasteiger partial charge in [0, 0.05) is 13.5 Å². The number of amides is 1. The van der Waals surface area contributed by atoms with Gasteiger partial charge in [-0.2, -0.15) is 0 Å². The quantitative estimate of drug-likeness (QED) is 0.699. The molecule has 2 heterocycles. The maximum Gasteiger partial charge on any atom is 0.326 e. The van der Waals surface area contributed by atoms with E-state index in [9.17, 15) is 9.59 Å². The minimum atomic E-state index is -0.955. The number of fused-ring (bicyclic) bond motifs is 1. The van der Waals surface area contributed by atoms with E-state index in [4.69, 9.17) is 9.84 Å². The minimum absolute atomic E-state index is 0.117. The van der Waals surface area contributed by atoms with E-state index in [0.29, 0.717) is 12.8 Å². The van der Waals surface area contributed by atoms with E-state index in [0.717, 1.165) is 0 Å². The molecule has 0 aromatic heterocycles. The van der Waals surface area contributed by atoms with Gasteiger partial charge in [-0.05, 0) is 12.5 Å². The highest BCUT2D eigenvalue weighted by Gasteiger charge is 2.47. The minimum Gasteiger partial charge on any atom is -0.480 e. The van der Waals surface area contributed by atoms with Gasteiger partial charge < -0.3 is 14.7 Å². The third-order valence-electron chi connectivity index (χ3n) is 3.06. The molecular weight excluding hydrogens is 198 g/mol. The Kier molecular flexibility index (Phi) is 2.48. The van der Waals surface area contributed by atoms with Gasteiger partial charge in [0.25, 0.3) is 0 Å². The monoisotopic (exact) mass is 211 g/mol. The van der Waals surface area contributed by atoms with Crippen LogP contribution in [0.15, 0.2) is 12.2 Å². The Morgan fingerprint density at radius 3 is 3.00 bits per heavy atom. The van der Waals surface area contributed by atoms with E-state index in [1.54, 1.807) is 13.2 Å². The molecule has 1 amide bonds. The van der Waals surface area contributed by atoms with Gasteiger partial charge in [0.15, 0.2) is 0 Å². The lowest BCUT2D eigenvalue weighted by Crippen LogP contribution is -2.47. The van der Waals surface area contributed by atoms with Crippen molar-refractivity contribution in [3.63, 3.8) is 0 Å². The number of methoxy groups -OCH3 is 1. The van der Waals surface area contributed by atoms with Gasteiger partial charge >= 0.3 is 5.97 Å². The van der Waals surface area contributed by atoms with Crippen LogP contribution < -0.4 is 0 Å². The predicted molar refractivity (Wildman–Crippen MR) is 51.2 cm³/mol. The number of carboxylic acids is 1. The summed E-state index contributed by atoms with van der Waals surface area (Å²) in [5.41, 5.74) is 0. The van der Waals surface area contributed by atoms with Crippen LogP contribution in [0.4, 0.5) is 0 Å². The highest BCUT2D eigenvalue weighted by atomic mass is 16.5. The molecule has 3 unspecified atom stereocenters. The first-order valence-corrected chi connectivity index (χ1v) is 4.89. The molecule has 3 atom stereocenters. The number of carboxylic acid groups (broad SMARTS) is 1. The van der Waals surface area contributed by atoms with Crippen molar-refractivity contribution < 1.29 is 19.4 Å². The molecule has 5 heteroatoms. The second-order valence-electron chi connectivity index (χ2n) is 3.81. The number of hydrogen-bond acceptors (Lipinski definition) is 3. The summed E-state index contributed by atoms with van der Waals surface area (Å²) in [6, 6.07) is -0.856. The van der Waals surface area contributed by atoms with E-state index < -0.39 is 12.0 Å². The Hall–Kier alpha value is -1.36. The molecule has 2 aliphatic heterocycles. The fourth-order valence-electron chi connectivity index (χ4n) is 2.35. The standard InChI is InChI=1S/C10H13NO4/c1-15-8-5-7(10(13)14)11-6(8)3-2-4-9(11)12/h2,4,6-8H,3,5H2,1H3,(H,13,14). The second kappa shape index (κ2) is 3.66.